The first-order chi connectivity index (χ1) is 8.84. The Morgan fingerprint density at radius 3 is 2.67 bits per heavy atom. The largest absolute Gasteiger partial charge is 0.384 e. The van der Waals surface area contributed by atoms with Crippen molar-refractivity contribution in [2.75, 3.05) is 0 Å². The lowest BCUT2D eigenvalue weighted by atomic mass is 10.0. The van der Waals surface area contributed by atoms with Crippen LogP contribution in [0.3, 0.4) is 0 Å². The molecule has 4 heteroatoms. The van der Waals surface area contributed by atoms with E-state index in [1.165, 1.54) is 6.33 Å². The van der Waals surface area contributed by atoms with Crippen LogP contribution in [0.2, 0.25) is 0 Å². The maximum atomic E-state index is 10.3. The number of hydrogen-bond acceptors (Lipinski definition) is 4. The van der Waals surface area contributed by atoms with E-state index in [-0.39, 0.29) is 0 Å². The second-order valence-electron chi connectivity index (χ2n) is 4.03. The lowest BCUT2D eigenvalue weighted by Crippen LogP contribution is -2.00. The zero-order valence-electron chi connectivity index (χ0n) is 9.56. The Morgan fingerprint density at radius 1 is 1.00 bits per heavy atom. The van der Waals surface area contributed by atoms with Gasteiger partial charge in [-0.15, -0.1) is 0 Å². The molecule has 0 radical (unpaired) electrons. The summed E-state index contributed by atoms with van der Waals surface area (Å²) in [6.45, 7) is 0. The van der Waals surface area contributed by atoms with E-state index >= 15 is 0 Å². The number of fused-ring (bicyclic) bond motifs is 1. The molecule has 1 atom stereocenters. The van der Waals surface area contributed by atoms with E-state index in [0.29, 0.717) is 5.56 Å². The van der Waals surface area contributed by atoms with Crippen molar-refractivity contribution in [3.8, 4) is 0 Å². The Hall–Kier alpha value is -2.33. The van der Waals surface area contributed by atoms with Crippen LogP contribution in [0.25, 0.3) is 10.9 Å². The fraction of sp³-hybridized carbons (Fsp3) is 0.0714. The first-order valence-corrected chi connectivity index (χ1v) is 5.62. The van der Waals surface area contributed by atoms with Crippen molar-refractivity contribution in [2.24, 2.45) is 0 Å². The van der Waals surface area contributed by atoms with E-state index in [1.807, 2.05) is 30.3 Å². The number of nitrogens with zero attached hydrogens (tertiary/aromatic N) is 3. The average Bonchev–Trinajstić information content (AvgIpc) is 2.47. The summed E-state index contributed by atoms with van der Waals surface area (Å²) in [4.78, 5) is 12.1. The first kappa shape index (κ1) is 10.8. The number of aromatic nitrogens is 3. The molecule has 1 aromatic carbocycles. The van der Waals surface area contributed by atoms with Crippen molar-refractivity contribution in [1.29, 1.82) is 0 Å². The van der Waals surface area contributed by atoms with E-state index in [2.05, 4.69) is 15.0 Å². The summed E-state index contributed by atoms with van der Waals surface area (Å²) < 4.78 is 0. The highest BCUT2D eigenvalue weighted by molar-refractivity contribution is 5.79. The third kappa shape index (κ3) is 1.94. The van der Waals surface area contributed by atoms with Crippen molar-refractivity contribution >= 4 is 10.9 Å². The summed E-state index contributed by atoms with van der Waals surface area (Å²) in [7, 11) is 0. The summed E-state index contributed by atoms with van der Waals surface area (Å²) in [5.74, 6) is 0. The highest BCUT2D eigenvalue weighted by atomic mass is 16.3. The minimum atomic E-state index is -0.712. The molecule has 0 aliphatic heterocycles. The summed E-state index contributed by atoms with van der Waals surface area (Å²) in [6, 6.07) is 9.55. The van der Waals surface area contributed by atoms with Crippen LogP contribution in [0.15, 0.2) is 55.2 Å². The standard InChI is InChI=1S/C14H11N3O/c18-14(12-7-15-9-16-8-12)11-3-4-13-10(6-11)2-1-5-17-13/h1-9,14,18H. The van der Waals surface area contributed by atoms with E-state index in [9.17, 15) is 5.11 Å². The third-order valence-corrected chi connectivity index (χ3v) is 2.84. The van der Waals surface area contributed by atoms with E-state index in [0.717, 1.165) is 16.5 Å². The Labute approximate surface area is 104 Å². The first-order valence-electron chi connectivity index (χ1n) is 5.62. The zero-order chi connectivity index (χ0) is 12.4. The monoisotopic (exact) mass is 237 g/mol. The molecule has 3 aromatic rings. The van der Waals surface area contributed by atoms with E-state index in [4.69, 9.17) is 0 Å². The molecule has 0 spiro atoms. The average molecular weight is 237 g/mol. The fourth-order valence-corrected chi connectivity index (χ4v) is 1.91. The molecule has 0 bridgehead atoms. The number of rotatable bonds is 2. The third-order valence-electron chi connectivity index (χ3n) is 2.84. The quantitative estimate of drug-likeness (QED) is 0.741. The lowest BCUT2D eigenvalue weighted by molar-refractivity contribution is 0.219. The molecule has 0 aliphatic rings. The van der Waals surface area contributed by atoms with Crippen molar-refractivity contribution in [3.63, 3.8) is 0 Å². The molecule has 3 rings (SSSR count). The van der Waals surface area contributed by atoms with Crippen LogP contribution >= 0.6 is 0 Å². The molecule has 0 saturated carbocycles. The van der Waals surface area contributed by atoms with E-state index < -0.39 is 6.10 Å². The lowest BCUT2D eigenvalue weighted by Gasteiger charge is -2.11. The second kappa shape index (κ2) is 4.50. The summed E-state index contributed by atoms with van der Waals surface area (Å²) in [5.41, 5.74) is 2.41. The number of benzene rings is 1. The van der Waals surface area contributed by atoms with Gasteiger partial charge in [0, 0.05) is 29.5 Å². The van der Waals surface area contributed by atoms with Gasteiger partial charge in [0.15, 0.2) is 0 Å². The van der Waals surface area contributed by atoms with Gasteiger partial charge >= 0.3 is 0 Å². The molecule has 88 valence electrons. The molecule has 4 nitrogen and oxygen atoms in total. The second-order valence-corrected chi connectivity index (χ2v) is 4.03. The van der Waals surface area contributed by atoms with Crippen LogP contribution in [0, 0.1) is 0 Å². The summed E-state index contributed by atoms with van der Waals surface area (Å²) >= 11 is 0. The van der Waals surface area contributed by atoms with Gasteiger partial charge in [-0.05, 0) is 23.8 Å². The molecule has 0 amide bonds. The van der Waals surface area contributed by atoms with Crippen LogP contribution < -0.4 is 0 Å². The molecule has 2 heterocycles. The van der Waals surface area contributed by atoms with Crippen molar-refractivity contribution < 1.29 is 5.11 Å². The van der Waals surface area contributed by atoms with Crippen molar-refractivity contribution in [2.45, 2.75) is 6.10 Å². The molecule has 1 N–H and O–H groups in total. The van der Waals surface area contributed by atoms with Gasteiger partial charge in [0.05, 0.1) is 5.52 Å². The van der Waals surface area contributed by atoms with Crippen LogP contribution in [0.4, 0.5) is 0 Å². The van der Waals surface area contributed by atoms with Gasteiger partial charge < -0.3 is 5.11 Å². The SMILES string of the molecule is OC(c1cncnc1)c1ccc2ncccc2c1. The van der Waals surface area contributed by atoms with Crippen molar-refractivity contribution in [3.05, 3.63) is 66.4 Å². The minimum Gasteiger partial charge on any atom is -0.384 e. The molecule has 0 saturated heterocycles. The number of aliphatic hydroxyl groups excluding tert-OH is 1. The topological polar surface area (TPSA) is 58.9 Å². The van der Waals surface area contributed by atoms with Crippen LogP contribution in [-0.2, 0) is 0 Å². The van der Waals surface area contributed by atoms with Gasteiger partial charge in [-0.2, -0.15) is 0 Å². The summed E-state index contributed by atoms with van der Waals surface area (Å²) in [5, 5.41) is 11.3. The van der Waals surface area contributed by atoms with Gasteiger partial charge in [-0.1, -0.05) is 12.1 Å². The number of hydrogen-bond donors (Lipinski definition) is 1. The number of pyridine rings is 1. The maximum absolute atomic E-state index is 10.3. The molecule has 0 aliphatic carbocycles. The predicted molar refractivity (Wildman–Crippen MR) is 67.8 cm³/mol. The van der Waals surface area contributed by atoms with Gasteiger partial charge in [0.1, 0.15) is 12.4 Å². The molecule has 2 aromatic heterocycles. The minimum absolute atomic E-state index is 0.681. The molecule has 1 unspecified atom stereocenters. The van der Waals surface area contributed by atoms with Gasteiger partial charge in [-0.3, -0.25) is 4.98 Å². The van der Waals surface area contributed by atoms with Gasteiger partial charge in [0.25, 0.3) is 0 Å². The normalized spacial score (nSPS) is 12.5. The van der Waals surface area contributed by atoms with E-state index in [1.54, 1.807) is 18.6 Å². The highest BCUT2D eigenvalue weighted by Gasteiger charge is 2.11. The smallest absolute Gasteiger partial charge is 0.115 e. The van der Waals surface area contributed by atoms with Crippen LogP contribution in [-0.4, -0.2) is 20.1 Å². The fourth-order valence-electron chi connectivity index (χ4n) is 1.91. The Kier molecular flexibility index (Phi) is 2.70. The maximum Gasteiger partial charge on any atom is 0.115 e. The highest BCUT2D eigenvalue weighted by Crippen LogP contribution is 2.23. The van der Waals surface area contributed by atoms with Gasteiger partial charge in [-0.25, -0.2) is 9.97 Å². The number of aliphatic hydroxyl groups is 1. The zero-order valence-corrected chi connectivity index (χ0v) is 9.56. The predicted octanol–water partition coefficient (Wildman–Crippen LogP) is 2.11. The molecule has 0 fully saturated rings. The van der Waals surface area contributed by atoms with Gasteiger partial charge in [0.2, 0.25) is 0 Å². The van der Waals surface area contributed by atoms with Crippen molar-refractivity contribution in [1.82, 2.24) is 15.0 Å². The Bertz CT molecular complexity index is 670. The Morgan fingerprint density at radius 2 is 1.83 bits per heavy atom. The van der Waals surface area contributed by atoms with Crippen LogP contribution in [0.1, 0.15) is 17.2 Å². The molecular formula is C14H11N3O. The van der Waals surface area contributed by atoms with Crippen LogP contribution in [0.5, 0.6) is 0 Å². The Balaban J connectivity index is 2.04. The molecular weight excluding hydrogens is 226 g/mol. The summed E-state index contributed by atoms with van der Waals surface area (Å²) in [6.07, 6.45) is 5.72. The molecule has 18 heavy (non-hydrogen) atoms.